The van der Waals surface area contributed by atoms with Crippen molar-refractivity contribution in [2.24, 2.45) is 0 Å². The standard InChI is InChI=1S/C14H10Cl3NO2/c15-8-1-4-10(5-2-8)18-13(14(19)20)11-7-9(16)3-6-12(11)17/h1-7,13,18H,(H,19,20). The molecule has 1 unspecified atom stereocenters. The molecule has 0 saturated heterocycles. The van der Waals surface area contributed by atoms with E-state index in [1.54, 1.807) is 36.4 Å². The van der Waals surface area contributed by atoms with Crippen LogP contribution in [-0.2, 0) is 4.79 Å². The van der Waals surface area contributed by atoms with Crippen LogP contribution in [0, 0.1) is 0 Å². The van der Waals surface area contributed by atoms with Gasteiger partial charge in [-0.15, -0.1) is 0 Å². The zero-order valence-corrected chi connectivity index (χ0v) is 12.4. The Morgan fingerprint density at radius 3 is 2.20 bits per heavy atom. The molecule has 0 fully saturated rings. The minimum absolute atomic E-state index is 0.336. The second-order valence-corrected chi connectivity index (χ2v) is 5.37. The van der Waals surface area contributed by atoms with Gasteiger partial charge < -0.3 is 10.4 Å². The van der Waals surface area contributed by atoms with Crippen molar-refractivity contribution in [1.29, 1.82) is 0 Å². The van der Waals surface area contributed by atoms with E-state index in [-0.39, 0.29) is 0 Å². The molecular weight excluding hydrogens is 321 g/mol. The number of carbonyl (C=O) groups is 1. The molecule has 2 aromatic carbocycles. The van der Waals surface area contributed by atoms with E-state index in [0.29, 0.717) is 26.3 Å². The molecule has 0 amide bonds. The van der Waals surface area contributed by atoms with E-state index in [1.165, 1.54) is 6.07 Å². The van der Waals surface area contributed by atoms with Crippen LogP contribution in [0.25, 0.3) is 0 Å². The molecule has 0 aromatic heterocycles. The number of anilines is 1. The Balaban J connectivity index is 2.34. The molecule has 0 spiro atoms. The maximum absolute atomic E-state index is 11.4. The van der Waals surface area contributed by atoms with Gasteiger partial charge in [-0.25, -0.2) is 4.79 Å². The van der Waals surface area contributed by atoms with E-state index >= 15 is 0 Å². The van der Waals surface area contributed by atoms with E-state index in [0.717, 1.165) is 0 Å². The summed E-state index contributed by atoms with van der Waals surface area (Å²) >= 11 is 17.7. The van der Waals surface area contributed by atoms with Crippen molar-refractivity contribution in [1.82, 2.24) is 0 Å². The van der Waals surface area contributed by atoms with Gasteiger partial charge in [0.25, 0.3) is 0 Å². The Morgan fingerprint density at radius 1 is 1.00 bits per heavy atom. The molecule has 104 valence electrons. The Morgan fingerprint density at radius 2 is 1.60 bits per heavy atom. The third-order valence-corrected chi connectivity index (χ3v) is 3.50. The molecule has 20 heavy (non-hydrogen) atoms. The lowest BCUT2D eigenvalue weighted by molar-refractivity contribution is -0.138. The van der Waals surface area contributed by atoms with Gasteiger partial charge in [0, 0.05) is 26.3 Å². The number of hydrogen-bond acceptors (Lipinski definition) is 2. The molecule has 1 atom stereocenters. The summed E-state index contributed by atoms with van der Waals surface area (Å²) in [5.41, 5.74) is 1.03. The first-order chi connectivity index (χ1) is 9.47. The number of carboxylic acids is 1. The normalized spacial score (nSPS) is 11.9. The first-order valence-corrected chi connectivity index (χ1v) is 6.80. The third kappa shape index (κ3) is 3.57. The highest BCUT2D eigenvalue weighted by Crippen LogP contribution is 2.29. The van der Waals surface area contributed by atoms with Crippen LogP contribution in [0.15, 0.2) is 42.5 Å². The Labute approximate surface area is 131 Å². The summed E-state index contributed by atoms with van der Waals surface area (Å²) in [6.45, 7) is 0. The molecule has 2 aromatic rings. The minimum atomic E-state index is -1.05. The fourth-order valence-corrected chi connectivity index (χ4v) is 2.25. The average Bonchev–Trinajstić information content (AvgIpc) is 2.41. The fourth-order valence-electron chi connectivity index (χ4n) is 1.72. The molecular formula is C14H10Cl3NO2. The molecule has 6 heteroatoms. The van der Waals surface area contributed by atoms with Crippen LogP contribution in [0.1, 0.15) is 11.6 Å². The predicted molar refractivity (Wildman–Crippen MR) is 81.9 cm³/mol. The number of rotatable bonds is 4. The maximum Gasteiger partial charge on any atom is 0.330 e. The fraction of sp³-hybridized carbons (Fsp3) is 0.0714. The van der Waals surface area contributed by atoms with Crippen LogP contribution in [0.2, 0.25) is 15.1 Å². The molecule has 0 bridgehead atoms. The maximum atomic E-state index is 11.4. The van der Waals surface area contributed by atoms with Gasteiger partial charge >= 0.3 is 5.97 Å². The number of halogens is 3. The van der Waals surface area contributed by atoms with Gasteiger partial charge in [-0.1, -0.05) is 34.8 Å². The molecule has 0 aliphatic heterocycles. The van der Waals surface area contributed by atoms with Crippen molar-refractivity contribution >= 4 is 46.5 Å². The Bertz CT molecular complexity index is 629. The Kier molecular flexibility index (Phi) is 4.76. The summed E-state index contributed by atoms with van der Waals surface area (Å²) in [4.78, 5) is 11.4. The topological polar surface area (TPSA) is 49.3 Å². The van der Waals surface area contributed by atoms with Crippen molar-refractivity contribution in [3.05, 3.63) is 63.1 Å². The zero-order chi connectivity index (χ0) is 14.7. The van der Waals surface area contributed by atoms with Gasteiger partial charge in [0.2, 0.25) is 0 Å². The third-order valence-electron chi connectivity index (χ3n) is 2.67. The monoisotopic (exact) mass is 329 g/mol. The summed E-state index contributed by atoms with van der Waals surface area (Å²) in [5, 5.41) is 13.6. The lowest BCUT2D eigenvalue weighted by atomic mass is 10.1. The smallest absolute Gasteiger partial charge is 0.330 e. The summed E-state index contributed by atoms with van der Waals surface area (Å²) in [6, 6.07) is 10.4. The van der Waals surface area contributed by atoms with Gasteiger partial charge in [-0.2, -0.15) is 0 Å². The largest absolute Gasteiger partial charge is 0.479 e. The lowest BCUT2D eigenvalue weighted by Crippen LogP contribution is -2.20. The van der Waals surface area contributed by atoms with Gasteiger partial charge in [0.1, 0.15) is 0 Å². The number of benzene rings is 2. The van der Waals surface area contributed by atoms with Crippen molar-refractivity contribution in [3.63, 3.8) is 0 Å². The van der Waals surface area contributed by atoms with Crippen LogP contribution < -0.4 is 5.32 Å². The van der Waals surface area contributed by atoms with Gasteiger partial charge in [0.15, 0.2) is 6.04 Å². The van der Waals surface area contributed by atoms with Gasteiger partial charge in [-0.05, 0) is 42.5 Å². The Hall–Kier alpha value is -1.42. The van der Waals surface area contributed by atoms with Crippen LogP contribution in [0.5, 0.6) is 0 Å². The zero-order valence-electron chi connectivity index (χ0n) is 10.1. The highest BCUT2D eigenvalue weighted by atomic mass is 35.5. The van der Waals surface area contributed by atoms with E-state index in [1.807, 2.05) is 0 Å². The number of aliphatic carboxylic acids is 1. The second-order valence-electron chi connectivity index (χ2n) is 4.09. The average molecular weight is 331 g/mol. The van der Waals surface area contributed by atoms with E-state index in [9.17, 15) is 9.90 Å². The molecule has 2 rings (SSSR count). The quantitative estimate of drug-likeness (QED) is 0.839. The van der Waals surface area contributed by atoms with Crippen LogP contribution in [-0.4, -0.2) is 11.1 Å². The molecule has 0 saturated carbocycles. The number of hydrogen-bond donors (Lipinski definition) is 2. The van der Waals surface area contributed by atoms with Crippen LogP contribution in [0.3, 0.4) is 0 Å². The molecule has 0 radical (unpaired) electrons. The summed E-state index contributed by atoms with van der Waals surface area (Å²) in [5.74, 6) is -1.05. The van der Waals surface area contributed by atoms with E-state index in [4.69, 9.17) is 34.8 Å². The summed E-state index contributed by atoms with van der Waals surface area (Å²) in [7, 11) is 0. The first kappa shape index (κ1) is 15.0. The van der Waals surface area contributed by atoms with Crippen molar-refractivity contribution in [3.8, 4) is 0 Å². The van der Waals surface area contributed by atoms with E-state index < -0.39 is 12.0 Å². The first-order valence-electron chi connectivity index (χ1n) is 5.67. The predicted octanol–water partition coefficient (Wildman–Crippen LogP) is 4.88. The highest BCUT2D eigenvalue weighted by Gasteiger charge is 2.22. The van der Waals surface area contributed by atoms with E-state index in [2.05, 4.69) is 5.32 Å². The van der Waals surface area contributed by atoms with Gasteiger partial charge in [-0.3, -0.25) is 0 Å². The SMILES string of the molecule is O=C(O)C(Nc1ccc(Cl)cc1)c1cc(Cl)ccc1Cl. The number of nitrogens with one attached hydrogen (secondary N) is 1. The van der Waals surface area contributed by atoms with Crippen LogP contribution >= 0.6 is 34.8 Å². The lowest BCUT2D eigenvalue weighted by Gasteiger charge is -2.17. The molecule has 0 aliphatic rings. The summed E-state index contributed by atoms with van der Waals surface area (Å²) < 4.78 is 0. The molecule has 0 aliphatic carbocycles. The highest BCUT2D eigenvalue weighted by molar-refractivity contribution is 6.33. The minimum Gasteiger partial charge on any atom is -0.479 e. The van der Waals surface area contributed by atoms with Crippen molar-refractivity contribution in [2.45, 2.75) is 6.04 Å². The molecule has 0 heterocycles. The van der Waals surface area contributed by atoms with Crippen LogP contribution in [0.4, 0.5) is 5.69 Å². The summed E-state index contributed by atoms with van der Waals surface area (Å²) in [6.07, 6.45) is 0. The van der Waals surface area contributed by atoms with Gasteiger partial charge in [0.05, 0.1) is 0 Å². The second kappa shape index (κ2) is 6.35. The molecule has 2 N–H and O–H groups in total. The number of carboxylic acid groups (broad SMARTS) is 1. The van der Waals surface area contributed by atoms with Crippen molar-refractivity contribution in [2.75, 3.05) is 5.32 Å². The van der Waals surface area contributed by atoms with Crippen molar-refractivity contribution < 1.29 is 9.90 Å². The molecule has 3 nitrogen and oxygen atoms in total.